The zero-order chi connectivity index (χ0) is 76.8. The molecule has 0 aromatic heterocycles. The van der Waals surface area contributed by atoms with Crippen LogP contribution in [0, 0.1) is 23.7 Å². The molecule has 32 heteroatoms. The molecule has 2 heterocycles. The molecular formula is C74H106N12O20. The summed E-state index contributed by atoms with van der Waals surface area (Å²) in [7, 11) is 0. The number of aliphatic imine (C=N–C) groups is 1. The Bertz CT molecular complexity index is 3460. The second-order valence-electron chi connectivity index (χ2n) is 26.3. The van der Waals surface area contributed by atoms with Crippen molar-refractivity contribution in [2.75, 3.05) is 95.9 Å². The van der Waals surface area contributed by atoms with Gasteiger partial charge in [-0.15, -0.1) is 0 Å². The van der Waals surface area contributed by atoms with Crippen LogP contribution in [-0.4, -0.2) is 226 Å². The van der Waals surface area contributed by atoms with E-state index in [2.05, 4.69) is 59.2 Å². The maximum Gasteiger partial charge on any atom is 0.312 e. The van der Waals surface area contributed by atoms with Gasteiger partial charge >= 0.3 is 12.0 Å². The molecule has 0 radical (unpaired) electrons. The fraction of sp³-hybridized carbons (Fsp3) is 0.581. The third-order valence-electron chi connectivity index (χ3n) is 17.4. The number of hydrogen-bond acceptors (Lipinski definition) is 23. The number of carbonyl (C=O) groups is 9. The van der Waals surface area contributed by atoms with Gasteiger partial charge in [-0.3, -0.25) is 43.3 Å². The highest BCUT2D eigenvalue weighted by Gasteiger charge is 2.44. The highest BCUT2D eigenvalue weighted by molar-refractivity contribution is 6.44. The molecule has 1 saturated heterocycles. The number of anilines is 2. The number of urea groups is 1. The van der Waals surface area contributed by atoms with E-state index in [0.29, 0.717) is 61.3 Å². The molecule has 2 fully saturated rings. The summed E-state index contributed by atoms with van der Waals surface area (Å²) in [6.45, 7) is 8.11. The molecule has 15 N–H and O–H groups in total. The Balaban J connectivity index is 0.947. The Kier molecular flexibility index (Phi) is 38.0. The molecule has 0 spiro atoms. The molecule has 2 aliphatic heterocycles. The lowest BCUT2D eigenvalue weighted by Crippen LogP contribution is -2.58. The lowest BCUT2D eigenvalue weighted by Gasteiger charge is -2.38. The summed E-state index contributed by atoms with van der Waals surface area (Å²) < 4.78 is 39.4. The first kappa shape index (κ1) is 85.9. The number of aliphatic hydroxyl groups is 4. The molecule has 1 aliphatic carbocycles. The molecule has 3 aromatic carbocycles. The largest absolute Gasteiger partial charge is 0.461 e. The van der Waals surface area contributed by atoms with E-state index in [1.54, 1.807) is 56.9 Å². The fourth-order valence-corrected chi connectivity index (χ4v) is 11.4. The van der Waals surface area contributed by atoms with E-state index in [4.69, 9.17) is 44.7 Å². The van der Waals surface area contributed by atoms with Gasteiger partial charge in [0.15, 0.2) is 6.23 Å². The van der Waals surface area contributed by atoms with Gasteiger partial charge in [-0.2, -0.15) is 5.10 Å². The molecule has 582 valence electrons. The Morgan fingerprint density at radius 3 is 1.97 bits per heavy atom. The summed E-state index contributed by atoms with van der Waals surface area (Å²) in [5.74, 6) is 7.47. The lowest BCUT2D eigenvalue weighted by atomic mass is 9.94. The smallest absolute Gasteiger partial charge is 0.312 e. The molecule has 106 heavy (non-hydrogen) atoms. The standard InChI is InChI=1S/C74H106N12O20/c1-47(2)64(71(97)82-56(20-14-33-79-74(75)99)69(95)80-53-27-23-49(24-28-53)45-105-73(98)48(3)4)84-70(96)55(19-12-13-32-77-62(90)46-104-58-22-7-5-6-18-54(65(58)85-76)83-72-68(94)67(93)66(92)59(44-87)106-72)81-61(89)31-35-100-37-39-102-41-42-103-40-38-101-36-34-78-60(88)29-30-63(91)86-43-52-17-9-8-15-50(52)25-26-51-16-10-11-21-57(51)86/h8-11,15-17,21,23-24,27-28,47-48,55-56,58-59,64,66-68,72,87,92-94H,5-7,12-14,18-20,22,29-46,76H2,1-4H3,(H,77,90)(H,78,88)(H,80,95)(H,81,89)(H,82,97)(H,84,96)(H3,75,79,99)/b83-54+,85-65+/t55-,56+,58?,59-,64+,66+,67+,68-,72-/m1/s1. The van der Waals surface area contributed by atoms with Crippen molar-refractivity contribution < 1.29 is 96.7 Å². The van der Waals surface area contributed by atoms with Gasteiger partial charge in [-0.1, -0.05) is 94.8 Å². The Labute approximate surface area is 617 Å². The number of hydrazone groups is 1. The Morgan fingerprint density at radius 1 is 0.642 bits per heavy atom. The molecule has 3 aliphatic rings. The number of carbonyl (C=O) groups excluding carboxylic acids is 9. The van der Waals surface area contributed by atoms with Crippen LogP contribution >= 0.6 is 0 Å². The van der Waals surface area contributed by atoms with Gasteiger partial charge in [0, 0.05) is 55.7 Å². The van der Waals surface area contributed by atoms with Crippen LogP contribution < -0.4 is 53.7 Å². The number of nitrogens with two attached hydrogens (primary N) is 2. The molecule has 0 bridgehead atoms. The number of unbranched alkanes of at least 4 members (excludes halogenated alkanes) is 1. The number of fused-ring (bicyclic) bond motifs is 2. The number of ether oxygens (including phenoxy) is 7. The third kappa shape index (κ3) is 29.7. The number of amides is 9. The minimum Gasteiger partial charge on any atom is -0.461 e. The van der Waals surface area contributed by atoms with Crippen LogP contribution in [0.5, 0.6) is 0 Å². The van der Waals surface area contributed by atoms with Gasteiger partial charge in [0.05, 0.1) is 83.3 Å². The predicted molar refractivity (Wildman–Crippen MR) is 390 cm³/mol. The minimum atomic E-state index is -1.66. The maximum absolute atomic E-state index is 14.3. The topological polar surface area (TPSA) is 463 Å². The fourth-order valence-electron chi connectivity index (χ4n) is 11.4. The van der Waals surface area contributed by atoms with Gasteiger partial charge < -0.3 is 107 Å². The first-order chi connectivity index (χ1) is 51.1. The number of rotatable bonds is 43. The van der Waals surface area contributed by atoms with Crippen LogP contribution in [0.4, 0.5) is 16.2 Å². The summed E-state index contributed by atoms with van der Waals surface area (Å²) in [6.07, 6.45) is -4.57. The van der Waals surface area contributed by atoms with E-state index in [1.165, 1.54) is 0 Å². The first-order valence-electron chi connectivity index (χ1n) is 36.2. The monoisotopic (exact) mass is 1480 g/mol. The second-order valence-corrected chi connectivity index (χ2v) is 26.3. The van der Waals surface area contributed by atoms with Crippen LogP contribution in [0.1, 0.15) is 133 Å². The van der Waals surface area contributed by atoms with Gasteiger partial charge in [-0.25, -0.2) is 4.79 Å². The lowest BCUT2D eigenvalue weighted by molar-refractivity contribution is -0.226. The summed E-state index contributed by atoms with van der Waals surface area (Å²) in [5.41, 5.74) is 10.0. The second kappa shape index (κ2) is 46.8. The van der Waals surface area contributed by atoms with E-state index < -0.39 is 110 Å². The van der Waals surface area contributed by atoms with E-state index in [0.717, 1.165) is 23.1 Å². The predicted octanol–water partition coefficient (Wildman–Crippen LogP) is 1.37. The van der Waals surface area contributed by atoms with Crippen molar-refractivity contribution in [3.8, 4) is 11.8 Å². The Morgan fingerprint density at radius 2 is 1.28 bits per heavy atom. The number of nitrogens with zero attached hydrogens (tertiary/aromatic N) is 3. The van der Waals surface area contributed by atoms with Crippen LogP contribution in [-0.2, 0) is 84.7 Å². The van der Waals surface area contributed by atoms with Crippen LogP contribution in [0.15, 0.2) is 82.9 Å². The minimum absolute atomic E-state index is 0.00758. The molecule has 1 saturated carbocycles. The van der Waals surface area contributed by atoms with Crippen molar-refractivity contribution in [1.29, 1.82) is 0 Å². The van der Waals surface area contributed by atoms with Crippen LogP contribution in [0.25, 0.3) is 0 Å². The van der Waals surface area contributed by atoms with E-state index >= 15 is 0 Å². The van der Waals surface area contributed by atoms with Crippen molar-refractivity contribution in [2.24, 2.45) is 33.5 Å². The van der Waals surface area contributed by atoms with Crippen molar-refractivity contribution in [3.63, 3.8) is 0 Å². The molecular weight excluding hydrogens is 1380 g/mol. The molecule has 3 aromatic rings. The number of hydrogen-bond donors (Lipinski definition) is 13. The molecule has 6 rings (SSSR count). The van der Waals surface area contributed by atoms with Gasteiger partial charge in [0.2, 0.25) is 41.4 Å². The quantitative estimate of drug-likeness (QED) is 0.0125. The highest BCUT2D eigenvalue weighted by Crippen LogP contribution is 2.28. The van der Waals surface area contributed by atoms with Crippen molar-refractivity contribution in [3.05, 3.63) is 95.1 Å². The summed E-state index contributed by atoms with van der Waals surface area (Å²) >= 11 is 0. The van der Waals surface area contributed by atoms with Gasteiger partial charge in [0.25, 0.3) is 0 Å². The zero-order valence-corrected chi connectivity index (χ0v) is 60.9. The first-order valence-corrected chi connectivity index (χ1v) is 36.2. The zero-order valence-electron chi connectivity index (χ0n) is 60.9. The van der Waals surface area contributed by atoms with Gasteiger partial charge in [0.1, 0.15) is 67.6 Å². The number of aliphatic hydroxyl groups excluding tert-OH is 4. The summed E-state index contributed by atoms with van der Waals surface area (Å²) in [6, 6.07) is 17.3. The highest BCUT2D eigenvalue weighted by atomic mass is 16.6. The van der Waals surface area contributed by atoms with Crippen molar-refractivity contribution in [2.45, 2.75) is 179 Å². The van der Waals surface area contributed by atoms with Crippen molar-refractivity contribution >= 4 is 76.1 Å². The van der Waals surface area contributed by atoms with Crippen LogP contribution in [0.2, 0.25) is 0 Å². The van der Waals surface area contributed by atoms with E-state index in [9.17, 15) is 63.6 Å². The summed E-state index contributed by atoms with van der Waals surface area (Å²) in [4.78, 5) is 125. The SMILES string of the molecule is CC(C)C(=O)OCc1ccc(NC(=O)[C@H](CCCNC(N)=O)NC(=O)[C@@H](NC(=O)[C@@H](CCCCNC(=O)COC2CCCCCC(=N\[C@@H]3O[C@H](CO)[C@H](O)[C@H](O)[C@H]3O)/C2=N\N)NC(=O)CCOCCOCCOCCOCCNC(=O)CCC(=O)N2Cc3ccccc3C#Cc3ccccc32)C(C)C)cc1. The third-order valence-corrected chi connectivity index (χ3v) is 17.4. The number of esters is 1. The average molecular weight is 1480 g/mol. The average Bonchev–Trinajstić information content (AvgIpc) is 0.811. The Hall–Kier alpha value is -9.01. The number of nitrogens with one attached hydrogen (secondary N) is 7. The van der Waals surface area contributed by atoms with E-state index in [1.807, 2.05) is 48.5 Å². The normalized spacial score (nSPS) is 19.4. The maximum atomic E-state index is 14.3. The molecule has 32 nitrogen and oxygen atoms in total. The van der Waals surface area contributed by atoms with Crippen molar-refractivity contribution in [1.82, 2.24) is 31.9 Å². The summed E-state index contributed by atoms with van der Waals surface area (Å²) in [5, 5.41) is 64.1. The van der Waals surface area contributed by atoms with Gasteiger partial charge in [-0.05, 0) is 98.7 Å². The number of primary amides is 1. The molecule has 9 amide bonds. The van der Waals surface area contributed by atoms with Crippen LogP contribution in [0.3, 0.4) is 0 Å². The number of benzene rings is 3. The van der Waals surface area contributed by atoms with E-state index in [-0.39, 0.29) is 153 Å². The molecule has 9 atom stereocenters. The molecule has 1 unspecified atom stereocenters. The number of para-hydroxylation sites is 1.